The van der Waals surface area contributed by atoms with Gasteiger partial charge in [-0.1, -0.05) is 60.1 Å². The average molecular weight is 494 g/mol. The summed E-state index contributed by atoms with van der Waals surface area (Å²) in [4.78, 5) is 27.9. The lowest BCUT2D eigenvalue weighted by Gasteiger charge is -2.13. The van der Waals surface area contributed by atoms with Crippen molar-refractivity contribution in [3.05, 3.63) is 111 Å². The maximum Gasteiger partial charge on any atom is 0.262 e. The molecule has 4 rings (SSSR count). The predicted octanol–water partition coefficient (Wildman–Crippen LogP) is 5.06. The Balaban J connectivity index is 1.58. The Bertz CT molecular complexity index is 1530. The van der Waals surface area contributed by atoms with Gasteiger partial charge in [0, 0.05) is 11.4 Å². The molecule has 9 heteroatoms. The van der Waals surface area contributed by atoms with Crippen molar-refractivity contribution >= 4 is 38.9 Å². The van der Waals surface area contributed by atoms with E-state index in [9.17, 15) is 18.0 Å². The smallest absolute Gasteiger partial charge is 0.262 e. The topological polar surface area (TPSA) is 108 Å². The molecule has 0 atom stereocenters. The molecule has 0 aliphatic rings. The lowest BCUT2D eigenvalue weighted by molar-refractivity contribution is 0.102. The molecule has 0 spiro atoms. The number of carbonyl (C=O) groups is 1. The van der Waals surface area contributed by atoms with Gasteiger partial charge in [-0.15, -0.1) is 0 Å². The highest BCUT2D eigenvalue weighted by Gasteiger charge is 2.20. The third-order valence-corrected chi connectivity index (χ3v) is 6.93. The number of hydrogen-bond donors (Lipinski definition) is 3. The zero-order valence-electron chi connectivity index (χ0n) is 18.0. The summed E-state index contributed by atoms with van der Waals surface area (Å²) in [7, 11) is -3.99. The van der Waals surface area contributed by atoms with E-state index in [-0.39, 0.29) is 26.9 Å². The SMILES string of the molecule is Cc1ccc(NC(=O)c2ccc(-c3ccccc3)[nH]c2=O)cc1S(=O)(=O)Nc1ccccc1Cl. The molecular weight excluding hydrogens is 474 g/mol. The molecule has 34 heavy (non-hydrogen) atoms. The van der Waals surface area contributed by atoms with Crippen molar-refractivity contribution < 1.29 is 13.2 Å². The Kier molecular flexibility index (Phi) is 6.54. The molecule has 1 amide bonds. The third kappa shape index (κ3) is 5.03. The van der Waals surface area contributed by atoms with Crippen LogP contribution in [0.1, 0.15) is 15.9 Å². The molecule has 0 saturated heterocycles. The molecule has 0 aliphatic carbocycles. The Labute approximate surface area is 201 Å². The molecule has 0 radical (unpaired) electrons. The van der Waals surface area contributed by atoms with Gasteiger partial charge < -0.3 is 10.3 Å². The average Bonchev–Trinajstić information content (AvgIpc) is 2.82. The molecule has 3 aromatic carbocycles. The number of amides is 1. The molecule has 1 heterocycles. The number of halogens is 1. The Morgan fingerprint density at radius 2 is 1.62 bits per heavy atom. The van der Waals surface area contributed by atoms with E-state index in [0.717, 1.165) is 5.56 Å². The quantitative estimate of drug-likeness (QED) is 0.349. The summed E-state index contributed by atoms with van der Waals surface area (Å²) in [6.45, 7) is 1.64. The molecule has 0 bridgehead atoms. The summed E-state index contributed by atoms with van der Waals surface area (Å²) in [6.07, 6.45) is 0. The molecule has 0 fully saturated rings. The van der Waals surface area contributed by atoms with E-state index in [1.165, 1.54) is 12.1 Å². The molecule has 3 N–H and O–H groups in total. The van der Waals surface area contributed by atoms with E-state index in [1.54, 1.807) is 49.4 Å². The van der Waals surface area contributed by atoms with Crippen LogP contribution < -0.4 is 15.6 Å². The number of aromatic amines is 1. The highest BCUT2D eigenvalue weighted by Crippen LogP contribution is 2.27. The van der Waals surface area contributed by atoms with Crippen molar-refractivity contribution in [1.29, 1.82) is 0 Å². The summed E-state index contributed by atoms with van der Waals surface area (Å²) in [5.74, 6) is -0.660. The zero-order chi connectivity index (χ0) is 24.3. The van der Waals surface area contributed by atoms with Gasteiger partial charge in [-0.3, -0.25) is 14.3 Å². The Morgan fingerprint density at radius 1 is 0.912 bits per heavy atom. The van der Waals surface area contributed by atoms with E-state index in [2.05, 4.69) is 15.0 Å². The number of sulfonamides is 1. The summed E-state index contributed by atoms with van der Waals surface area (Å²) < 4.78 is 28.4. The number of rotatable bonds is 6. The minimum atomic E-state index is -3.99. The molecule has 7 nitrogen and oxygen atoms in total. The van der Waals surface area contributed by atoms with E-state index >= 15 is 0 Å². The minimum absolute atomic E-state index is 0.0291. The Hall–Kier alpha value is -3.88. The maximum atomic E-state index is 13.0. The first kappa shape index (κ1) is 23.3. The van der Waals surface area contributed by atoms with Gasteiger partial charge in [-0.05, 0) is 54.4 Å². The summed E-state index contributed by atoms with van der Waals surface area (Å²) >= 11 is 6.07. The van der Waals surface area contributed by atoms with E-state index in [0.29, 0.717) is 11.3 Å². The number of para-hydroxylation sites is 1. The molecule has 0 aliphatic heterocycles. The van der Waals surface area contributed by atoms with Gasteiger partial charge in [0.1, 0.15) is 5.56 Å². The lowest BCUT2D eigenvalue weighted by Crippen LogP contribution is -2.23. The van der Waals surface area contributed by atoms with Gasteiger partial charge in [-0.25, -0.2) is 8.42 Å². The highest BCUT2D eigenvalue weighted by atomic mass is 35.5. The van der Waals surface area contributed by atoms with Gasteiger partial charge in [0.2, 0.25) is 0 Å². The van der Waals surface area contributed by atoms with Crippen LogP contribution in [0.25, 0.3) is 11.3 Å². The van der Waals surface area contributed by atoms with E-state index in [1.807, 2.05) is 30.3 Å². The van der Waals surface area contributed by atoms with Crippen LogP contribution >= 0.6 is 11.6 Å². The van der Waals surface area contributed by atoms with Crippen LogP contribution in [0.5, 0.6) is 0 Å². The largest absolute Gasteiger partial charge is 0.322 e. The fourth-order valence-electron chi connectivity index (χ4n) is 3.35. The molecule has 172 valence electrons. The number of nitrogens with one attached hydrogen (secondary N) is 3. The second kappa shape index (κ2) is 9.54. The highest BCUT2D eigenvalue weighted by molar-refractivity contribution is 7.92. The van der Waals surface area contributed by atoms with Crippen LogP contribution in [0.15, 0.2) is 94.6 Å². The fourth-order valence-corrected chi connectivity index (χ4v) is 4.94. The number of aryl methyl sites for hydroxylation is 1. The van der Waals surface area contributed by atoms with Crippen molar-refractivity contribution in [3.63, 3.8) is 0 Å². The number of anilines is 2. The number of H-pyrrole nitrogens is 1. The van der Waals surface area contributed by atoms with Gasteiger partial charge in [0.25, 0.3) is 21.5 Å². The number of hydrogen-bond acceptors (Lipinski definition) is 4. The van der Waals surface area contributed by atoms with Crippen LogP contribution in [0.3, 0.4) is 0 Å². The third-order valence-electron chi connectivity index (χ3n) is 5.09. The van der Waals surface area contributed by atoms with Crippen molar-refractivity contribution in [2.45, 2.75) is 11.8 Å². The maximum absolute atomic E-state index is 13.0. The molecular formula is C25H20ClN3O4S. The van der Waals surface area contributed by atoms with Crippen LogP contribution in [0, 0.1) is 6.92 Å². The van der Waals surface area contributed by atoms with Crippen LogP contribution in [0.2, 0.25) is 5.02 Å². The van der Waals surface area contributed by atoms with Crippen molar-refractivity contribution in [2.75, 3.05) is 10.0 Å². The summed E-state index contributed by atoms with van der Waals surface area (Å²) in [5, 5.41) is 2.85. The second-order valence-electron chi connectivity index (χ2n) is 7.50. The normalized spacial score (nSPS) is 11.1. The van der Waals surface area contributed by atoms with Gasteiger partial charge in [0.05, 0.1) is 15.6 Å². The van der Waals surface area contributed by atoms with Crippen molar-refractivity contribution in [1.82, 2.24) is 4.98 Å². The van der Waals surface area contributed by atoms with E-state index < -0.39 is 21.5 Å². The zero-order valence-corrected chi connectivity index (χ0v) is 19.6. The van der Waals surface area contributed by atoms with Crippen LogP contribution in [-0.4, -0.2) is 19.3 Å². The monoisotopic (exact) mass is 493 g/mol. The molecule has 0 unspecified atom stereocenters. The van der Waals surface area contributed by atoms with Crippen LogP contribution in [0.4, 0.5) is 11.4 Å². The number of aromatic nitrogens is 1. The first-order valence-corrected chi connectivity index (χ1v) is 12.1. The number of carbonyl (C=O) groups excluding carboxylic acids is 1. The summed E-state index contributed by atoms with van der Waals surface area (Å²) in [5.41, 5.74) is 1.67. The fraction of sp³-hybridized carbons (Fsp3) is 0.0400. The minimum Gasteiger partial charge on any atom is -0.322 e. The van der Waals surface area contributed by atoms with E-state index in [4.69, 9.17) is 11.6 Å². The summed E-state index contributed by atoms with van der Waals surface area (Å²) in [6, 6.07) is 23.3. The lowest BCUT2D eigenvalue weighted by atomic mass is 10.1. The van der Waals surface area contributed by atoms with Crippen LogP contribution in [-0.2, 0) is 10.0 Å². The molecule has 4 aromatic rings. The van der Waals surface area contributed by atoms with Gasteiger partial charge >= 0.3 is 0 Å². The van der Waals surface area contributed by atoms with Gasteiger partial charge in [0.15, 0.2) is 0 Å². The number of benzene rings is 3. The first-order chi connectivity index (χ1) is 16.2. The molecule has 1 aromatic heterocycles. The number of pyridine rings is 1. The standard InChI is InChI=1S/C25H20ClN3O4S/c1-16-11-12-18(15-23(16)34(32,33)29-22-10-6-5-9-20(22)26)27-24(30)19-13-14-21(28-25(19)31)17-7-3-2-4-8-17/h2-15,29H,1H3,(H,27,30)(H,28,31). The Morgan fingerprint density at radius 3 is 2.32 bits per heavy atom. The second-order valence-corrected chi connectivity index (χ2v) is 9.56. The van der Waals surface area contributed by atoms with Crippen molar-refractivity contribution in [3.8, 4) is 11.3 Å². The van der Waals surface area contributed by atoms with Gasteiger partial charge in [-0.2, -0.15) is 0 Å². The van der Waals surface area contributed by atoms with Crippen molar-refractivity contribution in [2.24, 2.45) is 0 Å². The predicted molar refractivity (Wildman–Crippen MR) is 134 cm³/mol. The first-order valence-electron chi connectivity index (χ1n) is 10.2. The molecule has 0 saturated carbocycles.